The van der Waals surface area contributed by atoms with E-state index in [1.165, 1.54) is 24.3 Å². The zero-order chi connectivity index (χ0) is 19.4. The highest BCUT2D eigenvalue weighted by Gasteiger charge is 2.32. The number of carbonyl (C=O) groups excluding carboxylic acids is 2. The van der Waals surface area contributed by atoms with E-state index in [2.05, 4.69) is 0 Å². The number of rotatable bonds is 7. The summed E-state index contributed by atoms with van der Waals surface area (Å²) in [5.41, 5.74) is 1.42. The molecule has 2 heterocycles. The van der Waals surface area contributed by atoms with Gasteiger partial charge in [-0.05, 0) is 30.5 Å². The molecule has 2 aromatic rings. The summed E-state index contributed by atoms with van der Waals surface area (Å²) in [6.45, 7) is 2.52. The maximum atomic E-state index is 14.5. The van der Waals surface area contributed by atoms with Crippen molar-refractivity contribution >= 4 is 34.7 Å². The molecular formula is C20H21ClFNO3S. The number of halogens is 2. The Kier molecular flexibility index (Phi) is 6.63. The van der Waals surface area contributed by atoms with E-state index in [1.54, 1.807) is 18.2 Å². The second kappa shape index (κ2) is 8.95. The van der Waals surface area contributed by atoms with E-state index in [-0.39, 0.29) is 17.6 Å². The molecule has 3 rings (SSSR count). The molecule has 0 N–H and O–H groups in total. The van der Waals surface area contributed by atoms with Crippen LogP contribution in [0.3, 0.4) is 0 Å². The van der Waals surface area contributed by atoms with Crippen LogP contribution in [0.4, 0.5) is 4.39 Å². The number of hydrogen-bond acceptors (Lipinski definition) is 5. The van der Waals surface area contributed by atoms with Gasteiger partial charge in [0.2, 0.25) is 0 Å². The molecule has 0 saturated carbocycles. The number of nitrogens with zero attached hydrogens (tertiary/aromatic N) is 1. The molecule has 0 amide bonds. The first-order valence-electron chi connectivity index (χ1n) is 8.86. The fourth-order valence-corrected chi connectivity index (χ4v) is 4.57. The zero-order valence-corrected chi connectivity index (χ0v) is 16.6. The molecule has 0 saturated heterocycles. The average Bonchev–Trinajstić information content (AvgIpc) is 3.02. The Morgan fingerprint density at radius 2 is 2.15 bits per heavy atom. The second-order valence-electron chi connectivity index (χ2n) is 6.51. The molecule has 4 nitrogen and oxygen atoms in total. The first-order valence-corrected chi connectivity index (χ1v) is 10.2. The van der Waals surface area contributed by atoms with E-state index in [9.17, 15) is 14.0 Å². The van der Waals surface area contributed by atoms with Crippen LogP contribution in [0.5, 0.6) is 5.06 Å². The maximum absolute atomic E-state index is 14.5. The quantitative estimate of drug-likeness (QED) is 0.499. The molecule has 144 valence electrons. The number of fused-ring (bicyclic) bond motifs is 1. The molecule has 1 aliphatic heterocycles. The van der Waals surface area contributed by atoms with Crippen LogP contribution >= 0.6 is 22.9 Å². The molecule has 1 aromatic heterocycles. The minimum absolute atomic E-state index is 0.0281. The lowest BCUT2D eigenvalue weighted by atomic mass is 9.95. The number of alkyl halides is 1. The van der Waals surface area contributed by atoms with Gasteiger partial charge in [0.25, 0.3) is 0 Å². The predicted octanol–water partition coefficient (Wildman–Crippen LogP) is 4.50. The van der Waals surface area contributed by atoms with Gasteiger partial charge < -0.3 is 4.74 Å². The molecule has 0 radical (unpaired) electrons. The monoisotopic (exact) mass is 409 g/mol. The molecule has 1 atom stereocenters. The van der Waals surface area contributed by atoms with Gasteiger partial charge in [0, 0.05) is 42.8 Å². The fraction of sp³-hybridized carbons (Fsp3) is 0.400. The van der Waals surface area contributed by atoms with E-state index in [0.29, 0.717) is 42.4 Å². The van der Waals surface area contributed by atoms with Crippen LogP contribution < -0.4 is 4.74 Å². The molecule has 0 aliphatic carbocycles. The van der Waals surface area contributed by atoms with Crippen LogP contribution in [0.2, 0.25) is 0 Å². The molecule has 1 aromatic carbocycles. The number of hydrogen-bond donors (Lipinski definition) is 0. The highest BCUT2D eigenvalue weighted by molar-refractivity contribution is 7.14. The van der Waals surface area contributed by atoms with Gasteiger partial charge in [-0.15, -0.1) is 22.9 Å². The first kappa shape index (κ1) is 20.0. The lowest BCUT2D eigenvalue weighted by molar-refractivity contribution is -0.131. The van der Waals surface area contributed by atoms with Crippen molar-refractivity contribution in [2.24, 2.45) is 0 Å². The maximum Gasteiger partial charge on any atom is 0.308 e. The Bertz CT molecular complexity index is 838. The van der Waals surface area contributed by atoms with Gasteiger partial charge in [0.1, 0.15) is 5.82 Å². The molecule has 7 heteroatoms. The molecule has 0 bridgehead atoms. The van der Waals surface area contributed by atoms with Crippen molar-refractivity contribution in [2.75, 3.05) is 12.4 Å². The number of thiophene rings is 1. The van der Waals surface area contributed by atoms with Crippen molar-refractivity contribution in [2.45, 2.75) is 38.8 Å². The summed E-state index contributed by atoms with van der Waals surface area (Å²) in [5.74, 6) is -0.361. The minimum atomic E-state index is -0.639. The Morgan fingerprint density at radius 1 is 1.37 bits per heavy atom. The minimum Gasteiger partial charge on any atom is -0.416 e. The highest BCUT2D eigenvalue weighted by Crippen LogP contribution is 2.37. The molecule has 27 heavy (non-hydrogen) atoms. The molecular weight excluding hydrogens is 389 g/mol. The third-order valence-electron chi connectivity index (χ3n) is 4.54. The number of Topliss-reactive ketones (excluding diaryl/α,β-unsaturated/α-hetero) is 1. The predicted molar refractivity (Wildman–Crippen MR) is 104 cm³/mol. The standard InChI is InChI=1S/C20H21ClFNO3S/c1-13(24)26-19-11-14-12-23(10-8-18(14)27-19)20(17(25)7-4-9-21)15-5-2-3-6-16(15)22/h2-3,5-6,11,20H,4,7-10,12H2,1H3. The molecule has 1 unspecified atom stereocenters. The number of esters is 1. The fourth-order valence-electron chi connectivity index (χ4n) is 3.39. The number of carbonyl (C=O) groups is 2. The van der Waals surface area contributed by atoms with Crippen molar-refractivity contribution in [3.8, 4) is 5.06 Å². The summed E-state index contributed by atoms with van der Waals surface area (Å²) in [4.78, 5) is 27.2. The Morgan fingerprint density at radius 3 is 2.85 bits per heavy atom. The van der Waals surface area contributed by atoms with Crippen molar-refractivity contribution in [1.82, 2.24) is 4.90 Å². The van der Waals surface area contributed by atoms with Crippen molar-refractivity contribution in [1.29, 1.82) is 0 Å². The largest absolute Gasteiger partial charge is 0.416 e. The SMILES string of the molecule is CC(=O)Oc1cc2c(s1)CCN(C(C(=O)CCCCl)c1ccccc1F)C2. The van der Waals surface area contributed by atoms with E-state index < -0.39 is 6.04 Å². The third kappa shape index (κ3) is 4.75. The topological polar surface area (TPSA) is 46.6 Å². The molecule has 0 spiro atoms. The number of benzene rings is 1. The van der Waals surface area contributed by atoms with Crippen LogP contribution in [0, 0.1) is 5.82 Å². The third-order valence-corrected chi connectivity index (χ3v) is 5.93. The summed E-state index contributed by atoms with van der Waals surface area (Å²) in [6.07, 6.45) is 1.61. The van der Waals surface area contributed by atoms with Gasteiger partial charge in [-0.3, -0.25) is 14.5 Å². The van der Waals surface area contributed by atoms with Gasteiger partial charge >= 0.3 is 5.97 Å². The van der Waals surface area contributed by atoms with Gasteiger partial charge in [0.05, 0.1) is 6.04 Å². The van der Waals surface area contributed by atoms with Gasteiger partial charge in [-0.25, -0.2) is 4.39 Å². The lowest BCUT2D eigenvalue weighted by Crippen LogP contribution is -2.38. The Hall–Kier alpha value is -1.76. The van der Waals surface area contributed by atoms with E-state index in [1.807, 2.05) is 11.0 Å². The lowest BCUT2D eigenvalue weighted by Gasteiger charge is -2.34. The normalized spacial score (nSPS) is 15.2. The number of ketones is 1. The van der Waals surface area contributed by atoms with E-state index in [4.69, 9.17) is 16.3 Å². The molecule has 0 fully saturated rings. The van der Waals surface area contributed by atoms with Gasteiger partial charge in [-0.2, -0.15) is 0 Å². The summed E-state index contributed by atoms with van der Waals surface area (Å²) in [5, 5.41) is 0.560. The Labute approximate surface area is 166 Å². The average molecular weight is 410 g/mol. The van der Waals surface area contributed by atoms with Crippen molar-refractivity contribution in [3.05, 3.63) is 52.2 Å². The second-order valence-corrected chi connectivity index (χ2v) is 7.99. The molecule has 1 aliphatic rings. The number of ether oxygens (including phenoxy) is 1. The van der Waals surface area contributed by atoms with Crippen LogP contribution in [-0.4, -0.2) is 29.1 Å². The summed E-state index contributed by atoms with van der Waals surface area (Å²) in [7, 11) is 0. The van der Waals surface area contributed by atoms with E-state index in [0.717, 1.165) is 16.9 Å². The summed E-state index contributed by atoms with van der Waals surface area (Å²) >= 11 is 7.20. The summed E-state index contributed by atoms with van der Waals surface area (Å²) in [6, 6.07) is 7.63. The van der Waals surface area contributed by atoms with Crippen LogP contribution in [0.15, 0.2) is 30.3 Å². The van der Waals surface area contributed by atoms with Crippen molar-refractivity contribution in [3.63, 3.8) is 0 Å². The summed E-state index contributed by atoms with van der Waals surface area (Å²) < 4.78 is 19.6. The van der Waals surface area contributed by atoms with Gasteiger partial charge in [0.15, 0.2) is 10.8 Å². The van der Waals surface area contributed by atoms with Crippen LogP contribution in [0.25, 0.3) is 0 Å². The zero-order valence-electron chi connectivity index (χ0n) is 15.0. The Balaban J connectivity index is 1.87. The first-order chi connectivity index (χ1) is 13.0. The van der Waals surface area contributed by atoms with Crippen LogP contribution in [0.1, 0.15) is 41.8 Å². The van der Waals surface area contributed by atoms with E-state index >= 15 is 0 Å². The van der Waals surface area contributed by atoms with Crippen molar-refractivity contribution < 1.29 is 18.7 Å². The smallest absolute Gasteiger partial charge is 0.308 e. The van der Waals surface area contributed by atoms with Crippen LogP contribution in [-0.2, 0) is 22.6 Å². The highest BCUT2D eigenvalue weighted by atomic mass is 35.5. The van der Waals surface area contributed by atoms with Gasteiger partial charge in [-0.1, -0.05) is 18.2 Å².